The molecular formula is C13H18N4O3S2. The van der Waals surface area contributed by atoms with E-state index in [0.29, 0.717) is 6.54 Å². The monoisotopic (exact) mass is 342 g/mol. The third-order valence-electron chi connectivity index (χ3n) is 3.18. The zero-order valence-corrected chi connectivity index (χ0v) is 14.0. The van der Waals surface area contributed by atoms with Gasteiger partial charge in [0.1, 0.15) is 4.21 Å². The molecule has 0 saturated heterocycles. The van der Waals surface area contributed by atoms with E-state index in [1.807, 2.05) is 13.1 Å². The molecule has 0 bridgehead atoms. The highest BCUT2D eigenvalue weighted by atomic mass is 32.2. The predicted octanol–water partition coefficient (Wildman–Crippen LogP) is 1.27. The van der Waals surface area contributed by atoms with E-state index in [2.05, 4.69) is 5.10 Å². The van der Waals surface area contributed by atoms with Crippen molar-refractivity contribution >= 4 is 27.3 Å². The van der Waals surface area contributed by atoms with Crippen LogP contribution in [0.15, 0.2) is 28.0 Å². The molecule has 0 radical (unpaired) electrons. The van der Waals surface area contributed by atoms with E-state index in [9.17, 15) is 13.2 Å². The van der Waals surface area contributed by atoms with E-state index < -0.39 is 15.9 Å². The summed E-state index contributed by atoms with van der Waals surface area (Å²) in [5, 5.41) is 5.60. The summed E-state index contributed by atoms with van der Waals surface area (Å²) in [6.45, 7) is 5.02. The maximum absolute atomic E-state index is 12.6. The third kappa shape index (κ3) is 3.37. The van der Waals surface area contributed by atoms with Crippen molar-refractivity contribution in [2.75, 3.05) is 6.54 Å². The summed E-state index contributed by atoms with van der Waals surface area (Å²) in [5.41, 5.74) is 6.19. The third-order valence-corrected chi connectivity index (χ3v) is 6.51. The maximum atomic E-state index is 12.6. The first-order valence-electron chi connectivity index (χ1n) is 6.78. The van der Waals surface area contributed by atoms with E-state index in [0.717, 1.165) is 23.4 Å². The summed E-state index contributed by atoms with van der Waals surface area (Å²) in [7, 11) is -3.65. The number of nitrogens with two attached hydrogens (primary N) is 1. The van der Waals surface area contributed by atoms with Gasteiger partial charge in [0, 0.05) is 36.8 Å². The first-order chi connectivity index (χ1) is 10.4. The standard InChI is InChI=1S/C13H18N4O3S2/c1-3-16-7-10(6-15-16)8-17(4-2)22(19,20)12-5-11(9-21-12)13(14)18/h5-7,9H,3-4,8H2,1-2H3,(H2,14,18). The molecule has 2 N–H and O–H groups in total. The number of sulfonamides is 1. The topological polar surface area (TPSA) is 98.3 Å². The van der Waals surface area contributed by atoms with Crippen molar-refractivity contribution in [2.45, 2.75) is 31.1 Å². The molecule has 9 heteroatoms. The van der Waals surface area contributed by atoms with Crippen LogP contribution < -0.4 is 5.73 Å². The van der Waals surface area contributed by atoms with Crippen molar-refractivity contribution in [3.05, 3.63) is 35.0 Å². The first kappa shape index (κ1) is 16.7. The van der Waals surface area contributed by atoms with Gasteiger partial charge in [-0.1, -0.05) is 6.92 Å². The van der Waals surface area contributed by atoms with Gasteiger partial charge in [-0.2, -0.15) is 9.40 Å². The Morgan fingerprint density at radius 3 is 2.68 bits per heavy atom. The van der Waals surface area contributed by atoms with Crippen LogP contribution in [-0.4, -0.2) is 35.0 Å². The Bertz CT molecular complexity index is 764. The van der Waals surface area contributed by atoms with Crippen LogP contribution in [0.3, 0.4) is 0 Å². The fourth-order valence-corrected chi connectivity index (χ4v) is 4.70. The van der Waals surface area contributed by atoms with E-state index in [-0.39, 0.29) is 16.3 Å². The van der Waals surface area contributed by atoms with E-state index >= 15 is 0 Å². The van der Waals surface area contributed by atoms with Gasteiger partial charge in [-0.25, -0.2) is 8.42 Å². The summed E-state index contributed by atoms with van der Waals surface area (Å²) in [6, 6.07) is 1.32. The minimum Gasteiger partial charge on any atom is -0.366 e. The number of carbonyl (C=O) groups is 1. The Morgan fingerprint density at radius 2 is 2.18 bits per heavy atom. The van der Waals surface area contributed by atoms with Gasteiger partial charge < -0.3 is 5.73 Å². The van der Waals surface area contributed by atoms with E-state index in [4.69, 9.17) is 5.73 Å². The van der Waals surface area contributed by atoms with Gasteiger partial charge in [0.25, 0.3) is 10.0 Å². The number of nitrogens with zero attached hydrogens (tertiary/aromatic N) is 3. The number of thiophene rings is 1. The van der Waals surface area contributed by atoms with Crippen LogP contribution in [0.5, 0.6) is 0 Å². The quantitative estimate of drug-likeness (QED) is 0.819. The average Bonchev–Trinajstić information content (AvgIpc) is 3.13. The molecule has 0 aliphatic rings. The molecule has 7 nitrogen and oxygen atoms in total. The Balaban J connectivity index is 2.25. The van der Waals surface area contributed by atoms with Gasteiger partial charge in [0.05, 0.1) is 11.8 Å². The Hall–Kier alpha value is -1.71. The second-order valence-electron chi connectivity index (χ2n) is 4.65. The molecule has 2 aromatic heterocycles. The highest BCUT2D eigenvalue weighted by molar-refractivity contribution is 7.91. The number of amides is 1. The molecule has 0 spiro atoms. The van der Waals surface area contributed by atoms with Crippen LogP contribution in [0.2, 0.25) is 0 Å². The molecule has 0 aliphatic carbocycles. The van der Waals surface area contributed by atoms with Crippen LogP contribution in [0.1, 0.15) is 29.8 Å². The fraction of sp³-hybridized carbons (Fsp3) is 0.385. The molecule has 120 valence electrons. The molecule has 0 aliphatic heterocycles. The second-order valence-corrected chi connectivity index (χ2v) is 7.73. The average molecular weight is 342 g/mol. The Labute approximate surface area is 133 Å². The van der Waals surface area contributed by atoms with Crippen molar-refractivity contribution in [1.29, 1.82) is 0 Å². The maximum Gasteiger partial charge on any atom is 0.252 e. The lowest BCUT2D eigenvalue weighted by Gasteiger charge is -2.18. The number of hydrogen-bond donors (Lipinski definition) is 1. The minimum absolute atomic E-state index is 0.117. The van der Waals surface area contributed by atoms with E-state index in [1.54, 1.807) is 17.8 Å². The molecule has 0 saturated carbocycles. The smallest absolute Gasteiger partial charge is 0.252 e. The van der Waals surface area contributed by atoms with E-state index in [1.165, 1.54) is 15.8 Å². The highest BCUT2D eigenvalue weighted by Crippen LogP contribution is 2.25. The summed E-state index contributed by atoms with van der Waals surface area (Å²) < 4.78 is 28.5. The van der Waals surface area contributed by atoms with Crippen LogP contribution >= 0.6 is 11.3 Å². The minimum atomic E-state index is -3.65. The zero-order chi connectivity index (χ0) is 16.3. The van der Waals surface area contributed by atoms with Gasteiger partial charge in [0.15, 0.2) is 0 Å². The number of hydrogen-bond acceptors (Lipinski definition) is 5. The lowest BCUT2D eigenvalue weighted by Crippen LogP contribution is -2.29. The van der Waals surface area contributed by atoms with Crippen molar-refractivity contribution in [1.82, 2.24) is 14.1 Å². The molecule has 2 heterocycles. The lowest BCUT2D eigenvalue weighted by atomic mass is 10.3. The van der Waals surface area contributed by atoms with Crippen molar-refractivity contribution < 1.29 is 13.2 Å². The van der Waals surface area contributed by atoms with Crippen molar-refractivity contribution in [2.24, 2.45) is 5.73 Å². The van der Waals surface area contributed by atoms with Crippen LogP contribution in [0.4, 0.5) is 0 Å². The summed E-state index contributed by atoms with van der Waals surface area (Å²) in [6.07, 6.45) is 3.48. The molecule has 22 heavy (non-hydrogen) atoms. The second kappa shape index (κ2) is 6.59. The van der Waals surface area contributed by atoms with Crippen molar-refractivity contribution in [3.8, 4) is 0 Å². The Morgan fingerprint density at radius 1 is 1.45 bits per heavy atom. The van der Waals surface area contributed by atoms with Gasteiger partial charge >= 0.3 is 0 Å². The summed E-state index contributed by atoms with van der Waals surface area (Å²) >= 11 is 0.997. The summed E-state index contributed by atoms with van der Waals surface area (Å²) in [5.74, 6) is -0.634. The van der Waals surface area contributed by atoms with Crippen LogP contribution in [-0.2, 0) is 23.1 Å². The number of aromatic nitrogens is 2. The molecule has 0 atom stereocenters. The van der Waals surface area contributed by atoms with Gasteiger partial charge in [-0.05, 0) is 13.0 Å². The van der Waals surface area contributed by atoms with Crippen LogP contribution in [0.25, 0.3) is 0 Å². The van der Waals surface area contributed by atoms with Gasteiger partial charge in [-0.15, -0.1) is 11.3 Å². The van der Waals surface area contributed by atoms with Crippen LogP contribution in [0, 0.1) is 0 Å². The summed E-state index contributed by atoms with van der Waals surface area (Å²) in [4.78, 5) is 11.1. The molecule has 1 amide bonds. The van der Waals surface area contributed by atoms with Gasteiger partial charge in [0.2, 0.25) is 5.91 Å². The van der Waals surface area contributed by atoms with Gasteiger partial charge in [-0.3, -0.25) is 9.48 Å². The fourth-order valence-electron chi connectivity index (χ4n) is 1.94. The molecule has 0 unspecified atom stereocenters. The van der Waals surface area contributed by atoms with Crippen molar-refractivity contribution in [3.63, 3.8) is 0 Å². The number of rotatable bonds is 7. The molecule has 0 fully saturated rings. The number of primary amides is 1. The number of carbonyl (C=O) groups excluding carboxylic acids is 1. The molecule has 2 aromatic rings. The molecule has 0 aromatic carbocycles. The lowest BCUT2D eigenvalue weighted by molar-refractivity contribution is 0.100. The predicted molar refractivity (Wildman–Crippen MR) is 84.0 cm³/mol. The molecule has 2 rings (SSSR count). The SMILES string of the molecule is CCN(Cc1cnn(CC)c1)S(=O)(=O)c1cc(C(N)=O)cs1. The number of aryl methyl sites for hydroxylation is 1. The Kier molecular flexibility index (Phi) is 4.99. The zero-order valence-electron chi connectivity index (χ0n) is 12.4. The molecular weight excluding hydrogens is 324 g/mol. The largest absolute Gasteiger partial charge is 0.366 e. The highest BCUT2D eigenvalue weighted by Gasteiger charge is 2.26. The normalized spacial score (nSPS) is 12.0. The first-order valence-corrected chi connectivity index (χ1v) is 9.10.